The monoisotopic (exact) mass is 181 g/mol. The highest BCUT2D eigenvalue weighted by Crippen LogP contribution is 2.26. The SMILES string of the molecule is CCC(C)(C)[B]c1nnc(C)s1. The third-order valence-electron chi connectivity index (χ3n) is 1.97. The Labute approximate surface area is 78.7 Å². The van der Waals surface area contributed by atoms with E-state index in [4.69, 9.17) is 0 Å². The van der Waals surface area contributed by atoms with Gasteiger partial charge < -0.3 is 0 Å². The Hall–Kier alpha value is -0.375. The van der Waals surface area contributed by atoms with Gasteiger partial charge in [0, 0.05) is 0 Å². The molecule has 1 radical (unpaired) electrons. The van der Waals surface area contributed by atoms with Gasteiger partial charge in [0.1, 0.15) is 5.01 Å². The molecule has 0 atom stereocenters. The lowest BCUT2D eigenvalue weighted by Gasteiger charge is -2.18. The van der Waals surface area contributed by atoms with Crippen LogP contribution >= 0.6 is 11.3 Å². The Kier molecular flexibility index (Phi) is 2.88. The molecule has 1 heterocycles. The highest BCUT2D eigenvalue weighted by molar-refractivity contribution is 7.20. The summed E-state index contributed by atoms with van der Waals surface area (Å²) < 4.78 is 0. The molecule has 1 aromatic rings. The predicted molar refractivity (Wildman–Crippen MR) is 54.4 cm³/mol. The first-order valence-electron chi connectivity index (χ1n) is 4.19. The maximum Gasteiger partial charge on any atom is 0.201 e. The van der Waals surface area contributed by atoms with Crippen molar-refractivity contribution in [2.24, 2.45) is 0 Å². The number of aryl methyl sites for hydroxylation is 1. The van der Waals surface area contributed by atoms with E-state index >= 15 is 0 Å². The Morgan fingerprint density at radius 1 is 1.42 bits per heavy atom. The molecule has 0 saturated carbocycles. The lowest BCUT2D eigenvalue weighted by atomic mass is 9.54. The molecular formula is C8H14BN2S. The minimum absolute atomic E-state index is 0.242. The molecule has 12 heavy (non-hydrogen) atoms. The minimum Gasteiger partial charge on any atom is -0.155 e. The van der Waals surface area contributed by atoms with Crippen LogP contribution in [0, 0.1) is 6.92 Å². The van der Waals surface area contributed by atoms with Crippen molar-refractivity contribution in [3.8, 4) is 0 Å². The van der Waals surface area contributed by atoms with Gasteiger partial charge in [-0.15, -0.1) is 16.4 Å². The van der Waals surface area contributed by atoms with E-state index in [1.165, 1.54) is 0 Å². The quantitative estimate of drug-likeness (QED) is 0.664. The van der Waals surface area contributed by atoms with E-state index in [1.54, 1.807) is 11.3 Å². The fraction of sp³-hybridized carbons (Fsp3) is 0.750. The number of hydrogen-bond donors (Lipinski definition) is 0. The molecular weight excluding hydrogens is 167 g/mol. The normalized spacial score (nSPS) is 11.7. The maximum atomic E-state index is 4.06. The van der Waals surface area contributed by atoms with Gasteiger partial charge in [-0.2, -0.15) is 5.10 Å². The summed E-state index contributed by atoms with van der Waals surface area (Å²) in [6.45, 7) is 8.59. The molecule has 0 spiro atoms. The van der Waals surface area contributed by atoms with E-state index < -0.39 is 0 Å². The van der Waals surface area contributed by atoms with E-state index in [0.717, 1.165) is 16.3 Å². The van der Waals surface area contributed by atoms with Gasteiger partial charge in [0.15, 0.2) is 0 Å². The molecule has 1 aromatic heterocycles. The number of rotatable bonds is 3. The molecule has 4 heteroatoms. The van der Waals surface area contributed by atoms with Gasteiger partial charge in [0.25, 0.3) is 0 Å². The summed E-state index contributed by atoms with van der Waals surface area (Å²) in [6.07, 6.45) is 1.13. The molecule has 0 N–H and O–H groups in total. The average molecular weight is 181 g/mol. The summed E-state index contributed by atoms with van der Waals surface area (Å²) >= 11 is 1.65. The maximum absolute atomic E-state index is 4.06. The standard InChI is InChI=1S/C8H14BN2S/c1-5-8(3,4)9-7-11-10-6(2)12-7/h5H2,1-4H3. The zero-order valence-corrected chi connectivity index (χ0v) is 8.90. The van der Waals surface area contributed by atoms with Crippen LogP contribution in [0.2, 0.25) is 5.31 Å². The van der Waals surface area contributed by atoms with E-state index in [1.807, 2.05) is 6.92 Å². The molecule has 0 aliphatic carbocycles. The van der Waals surface area contributed by atoms with Crippen LogP contribution in [0.3, 0.4) is 0 Å². The summed E-state index contributed by atoms with van der Waals surface area (Å²) in [7, 11) is 2.19. The van der Waals surface area contributed by atoms with E-state index in [-0.39, 0.29) is 5.31 Å². The molecule has 0 aromatic carbocycles. The molecule has 0 unspecified atom stereocenters. The van der Waals surface area contributed by atoms with Crippen molar-refractivity contribution >= 4 is 23.5 Å². The van der Waals surface area contributed by atoms with Crippen molar-refractivity contribution in [1.82, 2.24) is 10.2 Å². The largest absolute Gasteiger partial charge is 0.201 e. The fourth-order valence-electron chi connectivity index (χ4n) is 0.807. The molecule has 0 bridgehead atoms. The van der Waals surface area contributed by atoms with Crippen LogP contribution in [0.25, 0.3) is 0 Å². The lowest BCUT2D eigenvalue weighted by molar-refractivity contribution is 0.647. The van der Waals surface area contributed by atoms with Crippen LogP contribution < -0.4 is 4.91 Å². The smallest absolute Gasteiger partial charge is 0.155 e. The Balaban J connectivity index is 2.63. The zero-order chi connectivity index (χ0) is 9.19. The first-order valence-corrected chi connectivity index (χ1v) is 5.01. The summed E-state index contributed by atoms with van der Waals surface area (Å²) in [4.78, 5) is 1.04. The van der Waals surface area contributed by atoms with E-state index in [9.17, 15) is 0 Å². The second-order valence-electron chi connectivity index (χ2n) is 3.65. The Bertz CT molecular complexity index is 257. The van der Waals surface area contributed by atoms with Gasteiger partial charge in [-0.1, -0.05) is 32.5 Å². The molecule has 0 aliphatic rings. The molecule has 1 rings (SSSR count). The highest BCUT2D eigenvalue weighted by Gasteiger charge is 2.20. The van der Waals surface area contributed by atoms with Crippen LogP contribution in [0.15, 0.2) is 0 Å². The van der Waals surface area contributed by atoms with Crippen molar-refractivity contribution in [1.29, 1.82) is 0 Å². The van der Waals surface area contributed by atoms with Crippen LogP contribution in [0.5, 0.6) is 0 Å². The summed E-state index contributed by atoms with van der Waals surface area (Å²) in [5.41, 5.74) is 0. The average Bonchev–Trinajstić information content (AvgIpc) is 2.35. The summed E-state index contributed by atoms with van der Waals surface area (Å²) in [5.74, 6) is 0. The van der Waals surface area contributed by atoms with Crippen molar-refractivity contribution in [2.45, 2.75) is 39.4 Å². The third-order valence-corrected chi connectivity index (χ3v) is 2.75. The first kappa shape index (κ1) is 9.71. The second-order valence-corrected chi connectivity index (χ2v) is 4.86. The highest BCUT2D eigenvalue weighted by atomic mass is 32.1. The van der Waals surface area contributed by atoms with Gasteiger partial charge in [-0.05, 0) is 6.92 Å². The number of hydrogen-bond acceptors (Lipinski definition) is 3. The fourth-order valence-corrected chi connectivity index (χ4v) is 1.65. The van der Waals surface area contributed by atoms with Crippen LogP contribution in [-0.2, 0) is 0 Å². The van der Waals surface area contributed by atoms with Gasteiger partial charge in [0.05, 0.1) is 4.91 Å². The van der Waals surface area contributed by atoms with Crippen molar-refractivity contribution in [3.05, 3.63) is 5.01 Å². The molecule has 2 nitrogen and oxygen atoms in total. The predicted octanol–water partition coefficient (Wildman–Crippen LogP) is 1.78. The topological polar surface area (TPSA) is 25.8 Å². The van der Waals surface area contributed by atoms with Crippen molar-refractivity contribution in [3.63, 3.8) is 0 Å². The minimum atomic E-state index is 0.242. The number of aromatic nitrogens is 2. The second kappa shape index (κ2) is 3.56. The molecule has 0 fully saturated rings. The Morgan fingerprint density at radius 3 is 2.50 bits per heavy atom. The molecule has 0 saturated heterocycles. The van der Waals surface area contributed by atoms with Crippen LogP contribution in [0.1, 0.15) is 32.2 Å². The summed E-state index contributed by atoms with van der Waals surface area (Å²) in [5, 5.41) is 9.31. The van der Waals surface area contributed by atoms with Gasteiger partial charge >= 0.3 is 0 Å². The van der Waals surface area contributed by atoms with Gasteiger partial charge in [-0.3, -0.25) is 0 Å². The van der Waals surface area contributed by atoms with Crippen molar-refractivity contribution in [2.75, 3.05) is 0 Å². The molecule has 0 amide bonds. The van der Waals surface area contributed by atoms with E-state index in [2.05, 4.69) is 38.2 Å². The third kappa shape index (κ3) is 2.59. The zero-order valence-electron chi connectivity index (χ0n) is 8.09. The van der Waals surface area contributed by atoms with Crippen molar-refractivity contribution < 1.29 is 0 Å². The lowest BCUT2D eigenvalue weighted by Crippen LogP contribution is -2.24. The molecule has 65 valence electrons. The van der Waals surface area contributed by atoms with Crippen LogP contribution in [-0.4, -0.2) is 17.5 Å². The first-order chi connectivity index (χ1) is 5.53. The molecule has 0 aliphatic heterocycles. The van der Waals surface area contributed by atoms with E-state index in [0.29, 0.717) is 0 Å². The van der Waals surface area contributed by atoms with Gasteiger partial charge in [-0.25, -0.2) is 0 Å². The van der Waals surface area contributed by atoms with Gasteiger partial charge in [0.2, 0.25) is 7.28 Å². The van der Waals surface area contributed by atoms with Crippen LogP contribution in [0.4, 0.5) is 0 Å². The number of nitrogens with zero attached hydrogens (tertiary/aromatic N) is 2. The Morgan fingerprint density at radius 2 is 2.08 bits per heavy atom. The summed E-state index contributed by atoms with van der Waals surface area (Å²) in [6, 6.07) is 0.